The van der Waals surface area contributed by atoms with Gasteiger partial charge < -0.3 is 24.6 Å². The molecule has 55 heavy (non-hydrogen) atoms. The van der Waals surface area contributed by atoms with E-state index in [0.717, 1.165) is 22.3 Å². The molecule has 0 bridgehead atoms. The van der Waals surface area contributed by atoms with Crippen LogP contribution in [0.1, 0.15) is 48.0 Å². The molecule has 0 saturated heterocycles. The molecule has 16 nitrogen and oxygen atoms in total. The molecule has 0 spiro atoms. The highest BCUT2D eigenvalue weighted by molar-refractivity contribution is 6.11. The van der Waals surface area contributed by atoms with E-state index in [4.69, 9.17) is 0 Å². The lowest BCUT2D eigenvalue weighted by Gasteiger charge is -2.34. The van der Waals surface area contributed by atoms with Crippen molar-refractivity contribution < 1.29 is 19.2 Å². The number of aromatic nitrogens is 2. The average molecular weight is 743 g/mol. The van der Waals surface area contributed by atoms with Crippen LogP contribution in [-0.2, 0) is 19.2 Å². The van der Waals surface area contributed by atoms with Crippen LogP contribution < -0.4 is 10.6 Å². The van der Waals surface area contributed by atoms with Crippen molar-refractivity contribution in [2.24, 2.45) is 20.5 Å². The topological polar surface area (TPSA) is 183 Å². The Balaban J connectivity index is 1.07. The number of carbonyl (C=O) groups is 4. The van der Waals surface area contributed by atoms with E-state index in [0.29, 0.717) is 53.0 Å². The summed E-state index contributed by atoms with van der Waals surface area (Å²) in [5.74, 6) is -1.39. The Morgan fingerprint density at radius 1 is 0.673 bits per heavy atom. The molecule has 1 aromatic heterocycles. The zero-order valence-corrected chi connectivity index (χ0v) is 31.4. The monoisotopic (exact) mass is 742 g/mol. The SMILES string of the molecule is CC1=C(N2C=CN(CC(c3ncc[nH]3)N3C=CN(C4=C(C)C(N=Nc5cc(C)cc(C)c5)C(=O)NC4=O)C3)C2)C(=O)NC(=O)C1N=Nc1cc(C)cc(C)c1. The first kappa shape index (κ1) is 36.6. The van der Waals surface area contributed by atoms with Gasteiger partial charge >= 0.3 is 0 Å². The number of rotatable bonds is 10. The van der Waals surface area contributed by atoms with Crippen LogP contribution in [0.5, 0.6) is 0 Å². The highest BCUT2D eigenvalue weighted by atomic mass is 16.2. The first-order valence-corrected chi connectivity index (χ1v) is 17.8. The van der Waals surface area contributed by atoms with Crippen LogP contribution in [-0.4, -0.2) is 85.2 Å². The third-order valence-corrected chi connectivity index (χ3v) is 9.72. The Hall–Kier alpha value is -6.71. The molecule has 0 fully saturated rings. The maximum atomic E-state index is 13.2. The predicted molar refractivity (Wildman–Crippen MR) is 202 cm³/mol. The molecule has 3 aromatic rings. The van der Waals surface area contributed by atoms with Gasteiger partial charge in [-0.25, -0.2) is 4.98 Å². The van der Waals surface area contributed by atoms with Gasteiger partial charge in [-0.15, -0.1) is 0 Å². The van der Waals surface area contributed by atoms with Crippen molar-refractivity contribution in [2.45, 2.75) is 59.7 Å². The van der Waals surface area contributed by atoms with Crippen LogP contribution in [0.25, 0.3) is 0 Å². The number of nitrogens with one attached hydrogen (secondary N) is 3. The largest absolute Gasteiger partial charge is 0.356 e. The van der Waals surface area contributed by atoms with E-state index in [-0.39, 0.29) is 12.7 Å². The molecule has 2 aromatic carbocycles. The summed E-state index contributed by atoms with van der Waals surface area (Å²) in [6.07, 6.45) is 10.8. The van der Waals surface area contributed by atoms with Crippen LogP contribution in [0.15, 0.2) is 117 Å². The van der Waals surface area contributed by atoms with Gasteiger partial charge in [-0.2, -0.15) is 20.5 Å². The van der Waals surface area contributed by atoms with Crippen molar-refractivity contribution in [3.8, 4) is 0 Å². The number of aryl methyl sites for hydroxylation is 4. The van der Waals surface area contributed by atoms with Crippen LogP contribution in [0.2, 0.25) is 0 Å². The minimum Gasteiger partial charge on any atom is -0.356 e. The quantitative estimate of drug-likeness (QED) is 0.191. The number of azo groups is 2. The Morgan fingerprint density at radius 3 is 1.65 bits per heavy atom. The van der Waals surface area contributed by atoms with Crippen molar-refractivity contribution >= 4 is 35.0 Å². The summed E-state index contributed by atoms with van der Waals surface area (Å²) >= 11 is 0. The van der Waals surface area contributed by atoms with E-state index in [1.165, 1.54) is 0 Å². The van der Waals surface area contributed by atoms with Gasteiger partial charge in [0, 0.05) is 43.7 Å². The second-order valence-electron chi connectivity index (χ2n) is 14.2. The first-order chi connectivity index (χ1) is 26.3. The van der Waals surface area contributed by atoms with E-state index >= 15 is 0 Å². The molecule has 0 radical (unpaired) electrons. The molecule has 16 heteroatoms. The molecule has 282 valence electrons. The van der Waals surface area contributed by atoms with Gasteiger partial charge in [0.1, 0.15) is 23.3 Å². The standard InChI is InChI=1S/C39H42N12O4/c1-22-13-23(2)16-28(15-22)44-46-31-26(5)33(38(54)42-36(31)52)50-10-9-48(20-50)19-30(35-40-7-8-41-35)49-11-12-51(21-49)34-27(6)32(37(53)43-39(34)55)47-45-29-17-24(3)14-25(4)18-29/h7-18,30-32H,19-21H2,1-6H3,(H,40,41)(H,42,52,54)(H,43,53,55). The van der Waals surface area contributed by atoms with Crippen molar-refractivity contribution in [2.75, 3.05) is 19.9 Å². The normalized spacial score (nSPS) is 21.0. The molecular formula is C39H42N12O4. The van der Waals surface area contributed by atoms with Crippen LogP contribution in [0.3, 0.4) is 0 Å². The Labute approximate surface area is 318 Å². The number of amides is 4. The number of H-pyrrole nitrogens is 1. The smallest absolute Gasteiger partial charge is 0.274 e. The third kappa shape index (κ3) is 7.69. The van der Waals surface area contributed by atoms with Crippen LogP contribution in [0, 0.1) is 27.7 Å². The van der Waals surface area contributed by atoms with Gasteiger partial charge in [-0.1, -0.05) is 12.1 Å². The van der Waals surface area contributed by atoms with E-state index in [9.17, 15) is 19.2 Å². The van der Waals surface area contributed by atoms with Crippen molar-refractivity contribution in [1.82, 2.24) is 40.2 Å². The summed E-state index contributed by atoms with van der Waals surface area (Å²) in [6.45, 7) is 12.4. The number of nitrogens with zero attached hydrogens (tertiary/aromatic N) is 9. The number of hydrogen-bond donors (Lipinski definition) is 3. The number of aromatic amines is 1. The number of benzene rings is 2. The molecule has 5 heterocycles. The minimum atomic E-state index is -0.976. The minimum absolute atomic E-state index is 0.282. The number of carbonyl (C=O) groups excluding carboxylic acids is 4. The van der Waals surface area contributed by atoms with Crippen LogP contribution >= 0.6 is 0 Å². The van der Waals surface area contributed by atoms with Crippen LogP contribution in [0.4, 0.5) is 11.4 Å². The second-order valence-corrected chi connectivity index (χ2v) is 14.2. The maximum absolute atomic E-state index is 13.2. The summed E-state index contributed by atoms with van der Waals surface area (Å²) in [5, 5.41) is 22.3. The van der Waals surface area contributed by atoms with E-state index in [1.54, 1.807) is 48.4 Å². The van der Waals surface area contributed by atoms with E-state index in [2.05, 4.69) is 41.1 Å². The lowest BCUT2D eigenvalue weighted by atomic mass is 10.0. The average Bonchev–Trinajstić information content (AvgIpc) is 3.90. The second kappa shape index (κ2) is 15.0. The summed E-state index contributed by atoms with van der Waals surface area (Å²) in [4.78, 5) is 67.7. The fraction of sp³-hybridized carbons (Fsp3) is 0.308. The highest BCUT2D eigenvalue weighted by Crippen LogP contribution is 2.32. The molecule has 4 aliphatic heterocycles. The van der Waals surface area contributed by atoms with Crippen molar-refractivity contribution in [3.05, 3.63) is 124 Å². The highest BCUT2D eigenvalue weighted by Gasteiger charge is 2.39. The molecule has 7 rings (SSSR count). The summed E-state index contributed by atoms with van der Waals surface area (Å²) in [7, 11) is 0. The Kier molecular flexibility index (Phi) is 9.97. The predicted octanol–water partition coefficient (Wildman–Crippen LogP) is 4.94. The Morgan fingerprint density at radius 2 is 1.16 bits per heavy atom. The molecule has 0 saturated carbocycles. The molecule has 0 aliphatic carbocycles. The Bertz CT molecular complexity index is 2210. The van der Waals surface area contributed by atoms with Gasteiger partial charge in [0.25, 0.3) is 23.6 Å². The lowest BCUT2D eigenvalue weighted by Crippen LogP contribution is -2.48. The van der Waals surface area contributed by atoms with Crippen molar-refractivity contribution in [1.29, 1.82) is 0 Å². The molecule has 3 N–H and O–H groups in total. The van der Waals surface area contributed by atoms with Crippen molar-refractivity contribution in [3.63, 3.8) is 0 Å². The third-order valence-electron chi connectivity index (χ3n) is 9.72. The molecule has 4 aliphatic rings. The number of imidazole rings is 1. The zero-order chi connectivity index (χ0) is 39.0. The summed E-state index contributed by atoms with van der Waals surface area (Å²) in [5.41, 5.74) is 6.99. The fourth-order valence-corrected chi connectivity index (χ4v) is 7.29. The van der Waals surface area contributed by atoms with Gasteiger partial charge in [0.15, 0.2) is 12.1 Å². The fourth-order valence-electron chi connectivity index (χ4n) is 7.29. The lowest BCUT2D eigenvalue weighted by molar-refractivity contribution is -0.132. The summed E-state index contributed by atoms with van der Waals surface area (Å²) < 4.78 is 0. The van der Waals surface area contributed by atoms with E-state index < -0.39 is 35.7 Å². The summed E-state index contributed by atoms with van der Waals surface area (Å²) in [6, 6.07) is 9.33. The number of hydrogen-bond acceptors (Lipinski definition) is 13. The molecule has 3 atom stereocenters. The first-order valence-electron chi connectivity index (χ1n) is 17.8. The zero-order valence-electron chi connectivity index (χ0n) is 31.4. The molecular weight excluding hydrogens is 701 g/mol. The van der Waals surface area contributed by atoms with Gasteiger partial charge in [0.05, 0.1) is 24.7 Å². The molecule has 3 unspecified atom stereocenters. The maximum Gasteiger partial charge on any atom is 0.274 e. The number of imide groups is 2. The van der Waals surface area contributed by atoms with E-state index in [1.807, 2.05) is 86.3 Å². The van der Waals surface area contributed by atoms with Gasteiger partial charge in [0.2, 0.25) is 0 Å². The molecule has 4 amide bonds. The van der Waals surface area contributed by atoms with Gasteiger partial charge in [-0.3, -0.25) is 29.8 Å². The van der Waals surface area contributed by atoms with Gasteiger partial charge in [-0.05, 0) is 99.2 Å².